The SMILES string of the molecule is CCCCCCNC.Cc1ccc(-c2csc(N=C(N)N)n2)o1. The molecule has 5 N–H and O–H groups in total. The lowest BCUT2D eigenvalue weighted by Gasteiger charge is -1.95. The lowest BCUT2D eigenvalue weighted by Crippen LogP contribution is -2.21. The van der Waals surface area contributed by atoms with Crippen LogP contribution in [-0.2, 0) is 0 Å². The van der Waals surface area contributed by atoms with Gasteiger partial charge >= 0.3 is 0 Å². The fraction of sp³-hybridized carbons (Fsp3) is 0.500. The normalized spacial score (nSPS) is 10.0. The molecule has 0 bridgehead atoms. The van der Waals surface area contributed by atoms with Gasteiger partial charge in [0.1, 0.15) is 11.5 Å². The molecule has 0 amide bonds. The van der Waals surface area contributed by atoms with Crippen LogP contribution in [0.15, 0.2) is 26.9 Å². The first kappa shape index (κ1) is 19.2. The predicted molar refractivity (Wildman–Crippen MR) is 98.1 cm³/mol. The topological polar surface area (TPSA) is 102 Å². The van der Waals surface area contributed by atoms with Crippen molar-refractivity contribution in [2.75, 3.05) is 13.6 Å². The van der Waals surface area contributed by atoms with Crippen LogP contribution in [0, 0.1) is 6.92 Å². The van der Waals surface area contributed by atoms with Crippen LogP contribution in [0.5, 0.6) is 0 Å². The molecule has 23 heavy (non-hydrogen) atoms. The van der Waals surface area contributed by atoms with E-state index in [1.54, 1.807) is 0 Å². The molecule has 0 aliphatic carbocycles. The number of thiazole rings is 1. The number of rotatable bonds is 7. The van der Waals surface area contributed by atoms with E-state index in [0.717, 1.165) is 17.2 Å². The third-order valence-electron chi connectivity index (χ3n) is 2.99. The number of hydrogen-bond donors (Lipinski definition) is 3. The summed E-state index contributed by atoms with van der Waals surface area (Å²) in [5, 5.41) is 5.50. The van der Waals surface area contributed by atoms with E-state index in [2.05, 4.69) is 22.2 Å². The Balaban J connectivity index is 0.000000284. The van der Waals surface area contributed by atoms with E-state index >= 15 is 0 Å². The maximum absolute atomic E-state index is 5.42. The molecule has 6 nitrogen and oxygen atoms in total. The maximum Gasteiger partial charge on any atom is 0.212 e. The molecule has 2 aromatic heterocycles. The van der Waals surface area contributed by atoms with Gasteiger partial charge in [-0.1, -0.05) is 26.2 Å². The van der Waals surface area contributed by atoms with E-state index in [4.69, 9.17) is 15.9 Å². The molecule has 7 heteroatoms. The highest BCUT2D eigenvalue weighted by Crippen LogP contribution is 2.27. The van der Waals surface area contributed by atoms with Crippen molar-refractivity contribution in [3.05, 3.63) is 23.3 Å². The van der Waals surface area contributed by atoms with Crippen LogP contribution < -0.4 is 16.8 Å². The number of guanidine groups is 1. The zero-order valence-corrected chi connectivity index (χ0v) is 14.9. The summed E-state index contributed by atoms with van der Waals surface area (Å²) in [7, 11) is 2.01. The van der Waals surface area contributed by atoms with Gasteiger partial charge in [0.2, 0.25) is 5.13 Å². The number of hydrogen-bond acceptors (Lipinski definition) is 5. The zero-order valence-electron chi connectivity index (χ0n) is 14.1. The van der Waals surface area contributed by atoms with Gasteiger partial charge in [0.05, 0.1) is 0 Å². The number of nitrogens with zero attached hydrogens (tertiary/aromatic N) is 2. The zero-order chi connectivity index (χ0) is 17.1. The Hall–Kier alpha value is -1.86. The Bertz CT molecular complexity index is 581. The smallest absolute Gasteiger partial charge is 0.212 e. The number of nitrogens with two attached hydrogens (primary N) is 2. The molecule has 0 aliphatic rings. The molecule has 0 saturated carbocycles. The monoisotopic (exact) mass is 337 g/mol. The summed E-state index contributed by atoms with van der Waals surface area (Å²) in [6.45, 7) is 5.30. The summed E-state index contributed by atoms with van der Waals surface area (Å²) in [6.07, 6.45) is 5.45. The molecular formula is C16H27N5OS. The van der Waals surface area contributed by atoms with Gasteiger partial charge in [0.15, 0.2) is 11.7 Å². The van der Waals surface area contributed by atoms with Crippen molar-refractivity contribution in [3.63, 3.8) is 0 Å². The van der Waals surface area contributed by atoms with Crippen molar-refractivity contribution in [3.8, 4) is 11.5 Å². The van der Waals surface area contributed by atoms with E-state index in [9.17, 15) is 0 Å². The predicted octanol–water partition coefficient (Wildman–Crippen LogP) is 3.40. The Morgan fingerprint density at radius 1 is 1.30 bits per heavy atom. The molecule has 0 spiro atoms. The lowest BCUT2D eigenvalue weighted by atomic mass is 10.2. The number of aliphatic imine (C=N–C) groups is 1. The number of aryl methyl sites for hydroxylation is 1. The van der Waals surface area contributed by atoms with E-state index in [1.807, 2.05) is 31.5 Å². The second-order valence-electron chi connectivity index (χ2n) is 5.13. The fourth-order valence-corrected chi connectivity index (χ4v) is 2.54. The van der Waals surface area contributed by atoms with Gasteiger partial charge < -0.3 is 21.2 Å². The first-order chi connectivity index (χ1) is 11.1. The number of nitrogens with one attached hydrogen (secondary N) is 1. The summed E-state index contributed by atoms with van der Waals surface area (Å²) >= 11 is 1.36. The van der Waals surface area contributed by atoms with Gasteiger partial charge in [-0.15, -0.1) is 11.3 Å². The molecule has 128 valence electrons. The third kappa shape index (κ3) is 7.80. The Morgan fingerprint density at radius 3 is 2.65 bits per heavy atom. The summed E-state index contributed by atoms with van der Waals surface area (Å²) in [5.41, 5.74) is 11.2. The Labute approximate surface area is 142 Å². The summed E-state index contributed by atoms with van der Waals surface area (Å²) in [5.74, 6) is 1.58. The molecule has 0 radical (unpaired) electrons. The molecular weight excluding hydrogens is 310 g/mol. The quantitative estimate of drug-likeness (QED) is 0.408. The molecule has 0 aromatic carbocycles. The standard InChI is InChI=1S/C9H10N4OS.C7H17N/c1-5-2-3-7(14-5)6-4-15-9(12-6)13-8(10)11;1-3-4-5-6-7-8-2/h2-4H,1H3,(H4,10,11,12,13);8H,3-7H2,1-2H3. The number of furan rings is 1. The van der Waals surface area contributed by atoms with Crippen molar-refractivity contribution in [1.29, 1.82) is 0 Å². The Kier molecular flexibility index (Phi) is 9.01. The molecule has 2 heterocycles. The van der Waals surface area contributed by atoms with Crippen molar-refractivity contribution < 1.29 is 4.42 Å². The van der Waals surface area contributed by atoms with Crippen molar-refractivity contribution in [2.45, 2.75) is 39.5 Å². The average molecular weight is 337 g/mol. The van der Waals surface area contributed by atoms with Gasteiger partial charge in [-0.05, 0) is 39.1 Å². The van der Waals surface area contributed by atoms with Crippen LogP contribution >= 0.6 is 11.3 Å². The highest BCUT2D eigenvalue weighted by molar-refractivity contribution is 7.13. The second kappa shape index (κ2) is 10.8. The van der Waals surface area contributed by atoms with E-state index in [0.29, 0.717) is 5.13 Å². The molecule has 2 rings (SSSR count). The minimum Gasteiger partial charge on any atom is -0.460 e. The summed E-state index contributed by atoms with van der Waals surface area (Å²) in [6, 6.07) is 3.75. The minimum atomic E-state index is 0.00604. The molecule has 0 unspecified atom stereocenters. The van der Waals surface area contributed by atoms with Gasteiger partial charge in [-0.25, -0.2) is 4.98 Å². The largest absolute Gasteiger partial charge is 0.460 e. The van der Waals surface area contributed by atoms with E-state index in [1.165, 1.54) is 43.6 Å². The second-order valence-corrected chi connectivity index (χ2v) is 5.96. The minimum absolute atomic E-state index is 0.00604. The highest BCUT2D eigenvalue weighted by atomic mass is 32.1. The van der Waals surface area contributed by atoms with Gasteiger partial charge in [0.25, 0.3) is 0 Å². The van der Waals surface area contributed by atoms with Gasteiger partial charge in [-0.2, -0.15) is 4.99 Å². The first-order valence-corrected chi connectivity index (χ1v) is 8.71. The van der Waals surface area contributed by atoms with E-state index in [-0.39, 0.29) is 5.96 Å². The van der Waals surface area contributed by atoms with Gasteiger partial charge in [0, 0.05) is 5.38 Å². The molecule has 0 atom stereocenters. The number of aromatic nitrogens is 1. The van der Waals surface area contributed by atoms with Crippen molar-refractivity contribution in [1.82, 2.24) is 10.3 Å². The van der Waals surface area contributed by atoms with Crippen LogP contribution in [0.25, 0.3) is 11.5 Å². The van der Waals surface area contributed by atoms with Crippen LogP contribution in [0.1, 0.15) is 38.4 Å². The molecule has 2 aromatic rings. The van der Waals surface area contributed by atoms with Crippen molar-refractivity contribution >= 4 is 22.4 Å². The van der Waals surface area contributed by atoms with Crippen molar-refractivity contribution in [2.24, 2.45) is 16.5 Å². The Morgan fingerprint density at radius 2 is 2.09 bits per heavy atom. The summed E-state index contributed by atoms with van der Waals surface area (Å²) < 4.78 is 5.42. The molecule has 0 saturated heterocycles. The maximum atomic E-state index is 5.42. The fourth-order valence-electron chi connectivity index (χ4n) is 1.84. The molecule has 0 aliphatic heterocycles. The third-order valence-corrected chi connectivity index (χ3v) is 3.72. The van der Waals surface area contributed by atoms with E-state index < -0.39 is 0 Å². The summed E-state index contributed by atoms with van der Waals surface area (Å²) in [4.78, 5) is 8.06. The van der Waals surface area contributed by atoms with Crippen LogP contribution in [-0.4, -0.2) is 24.5 Å². The lowest BCUT2D eigenvalue weighted by molar-refractivity contribution is 0.547. The first-order valence-electron chi connectivity index (χ1n) is 7.83. The molecule has 0 fully saturated rings. The highest BCUT2D eigenvalue weighted by Gasteiger charge is 2.07. The van der Waals surface area contributed by atoms with Crippen LogP contribution in [0.4, 0.5) is 5.13 Å². The number of unbranched alkanes of at least 4 members (excludes halogenated alkanes) is 3. The average Bonchev–Trinajstić information content (AvgIpc) is 3.13. The van der Waals surface area contributed by atoms with Crippen LogP contribution in [0.2, 0.25) is 0 Å². The van der Waals surface area contributed by atoms with Crippen LogP contribution in [0.3, 0.4) is 0 Å². The van der Waals surface area contributed by atoms with Gasteiger partial charge in [-0.3, -0.25) is 0 Å².